The van der Waals surface area contributed by atoms with E-state index in [1.807, 2.05) is 24.4 Å². The highest BCUT2D eigenvalue weighted by molar-refractivity contribution is 7.13. The Morgan fingerprint density at radius 3 is 2.67 bits per heavy atom. The largest absolute Gasteiger partial charge is 0.497 e. The Labute approximate surface area is 194 Å². The topological polar surface area (TPSA) is 111 Å². The number of benzene rings is 1. The maximum atomic E-state index is 13.1. The molecule has 33 heavy (non-hydrogen) atoms. The molecule has 0 unspecified atom stereocenters. The first-order valence-corrected chi connectivity index (χ1v) is 11.1. The fraction of sp³-hybridized carbons (Fsp3) is 0.217. The van der Waals surface area contributed by atoms with E-state index in [4.69, 9.17) is 9.47 Å². The number of aromatic amines is 1. The summed E-state index contributed by atoms with van der Waals surface area (Å²) in [6, 6.07) is 10.5. The number of ether oxygens (including phenoxy) is 2. The van der Waals surface area contributed by atoms with Crippen LogP contribution in [0.15, 0.2) is 46.6 Å². The highest BCUT2D eigenvalue weighted by Crippen LogP contribution is 2.29. The molecule has 0 atom stereocenters. The molecule has 0 saturated carbocycles. The number of methoxy groups -OCH3 is 2. The molecule has 2 N–H and O–H groups in total. The van der Waals surface area contributed by atoms with Gasteiger partial charge < -0.3 is 14.8 Å². The number of aromatic nitrogens is 4. The normalized spacial score (nSPS) is 10.8. The van der Waals surface area contributed by atoms with Gasteiger partial charge in [0.1, 0.15) is 23.0 Å². The van der Waals surface area contributed by atoms with E-state index in [-0.39, 0.29) is 11.5 Å². The quantitative estimate of drug-likeness (QED) is 0.429. The Hall–Kier alpha value is -3.92. The molecule has 0 aliphatic heterocycles. The summed E-state index contributed by atoms with van der Waals surface area (Å²) in [5.41, 5.74) is 1.95. The zero-order chi connectivity index (χ0) is 23.5. The summed E-state index contributed by atoms with van der Waals surface area (Å²) in [7, 11) is 3.02. The van der Waals surface area contributed by atoms with Crippen LogP contribution >= 0.6 is 11.3 Å². The SMILES string of the molecule is CCc1c(C)nc(-n2nc(-c3cccs3)cc2NC(=O)c2ccc(OC)cc2OC)[nH]c1=O. The van der Waals surface area contributed by atoms with Crippen molar-refractivity contribution in [1.82, 2.24) is 19.7 Å². The van der Waals surface area contributed by atoms with Gasteiger partial charge in [0.2, 0.25) is 5.95 Å². The van der Waals surface area contributed by atoms with Gasteiger partial charge in [0.15, 0.2) is 0 Å². The molecule has 3 aromatic heterocycles. The lowest BCUT2D eigenvalue weighted by Crippen LogP contribution is -2.22. The van der Waals surface area contributed by atoms with Crippen LogP contribution in [0.3, 0.4) is 0 Å². The summed E-state index contributed by atoms with van der Waals surface area (Å²) >= 11 is 1.52. The van der Waals surface area contributed by atoms with Crippen molar-refractivity contribution in [3.63, 3.8) is 0 Å². The van der Waals surface area contributed by atoms with Gasteiger partial charge in [0, 0.05) is 23.4 Å². The molecule has 1 aromatic carbocycles. The number of nitrogens with one attached hydrogen (secondary N) is 2. The van der Waals surface area contributed by atoms with Crippen LogP contribution in [0.1, 0.15) is 28.5 Å². The summed E-state index contributed by atoms with van der Waals surface area (Å²) < 4.78 is 12.0. The second-order valence-electron chi connectivity index (χ2n) is 7.13. The van der Waals surface area contributed by atoms with Gasteiger partial charge in [0.25, 0.3) is 11.5 Å². The zero-order valence-electron chi connectivity index (χ0n) is 18.6. The number of nitrogens with zero attached hydrogens (tertiary/aromatic N) is 3. The van der Waals surface area contributed by atoms with Crippen LogP contribution in [-0.2, 0) is 6.42 Å². The minimum atomic E-state index is -0.405. The molecule has 0 saturated heterocycles. The monoisotopic (exact) mass is 465 g/mol. The molecule has 3 heterocycles. The van der Waals surface area contributed by atoms with E-state index in [9.17, 15) is 9.59 Å². The summed E-state index contributed by atoms with van der Waals surface area (Å²) in [6.07, 6.45) is 0.564. The molecule has 0 fully saturated rings. The molecule has 0 aliphatic carbocycles. The van der Waals surface area contributed by atoms with Gasteiger partial charge >= 0.3 is 0 Å². The minimum Gasteiger partial charge on any atom is -0.497 e. The predicted molar refractivity (Wildman–Crippen MR) is 127 cm³/mol. The third-order valence-corrected chi connectivity index (χ3v) is 6.03. The van der Waals surface area contributed by atoms with Crippen LogP contribution in [0.25, 0.3) is 16.5 Å². The number of thiophene rings is 1. The minimum absolute atomic E-state index is 0.217. The molecular formula is C23H23N5O4S. The lowest BCUT2D eigenvalue weighted by Gasteiger charge is -2.12. The molecule has 1 amide bonds. The average molecular weight is 466 g/mol. The van der Waals surface area contributed by atoms with E-state index >= 15 is 0 Å². The van der Waals surface area contributed by atoms with Gasteiger partial charge in [-0.25, -0.2) is 4.98 Å². The third-order valence-electron chi connectivity index (χ3n) is 5.14. The Morgan fingerprint density at radius 2 is 2.03 bits per heavy atom. The Kier molecular flexibility index (Phi) is 6.27. The van der Waals surface area contributed by atoms with Gasteiger partial charge in [-0.2, -0.15) is 9.78 Å². The maximum absolute atomic E-state index is 13.1. The Morgan fingerprint density at radius 1 is 1.21 bits per heavy atom. The lowest BCUT2D eigenvalue weighted by atomic mass is 10.1. The third kappa shape index (κ3) is 4.37. The smallest absolute Gasteiger partial charge is 0.260 e. The average Bonchev–Trinajstić information content (AvgIpc) is 3.48. The maximum Gasteiger partial charge on any atom is 0.260 e. The highest BCUT2D eigenvalue weighted by Gasteiger charge is 2.20. The van der Waals surface area contributed by atoms with Crippen LogP contribution in [0.2, 0.25) is 0 Å². The van der Waals surface area contributed by atoms with Crippen LogP contribution in [0.5, 0.6) is 11.5 Å². The molecule has 4 rings (SSSR count). The first-order chi connectivity index (χ1) is 15.9. The summed E-state index contributed by atoms with van der Waals surface area (Å²) in [5.74, 6) is 1.10. The van der Waals surface area contributed by atoms with Gasteiger partial charge in [-0.3, -0.25) is 14.6 Å². The molecule has 10 heteroatoms. The van der Waals surface area contributed by atoms with Gasteiger partial charge in [0.05, 0.1) is 24.7 Å². The van der Waals surface area contributed by atoms with Crippen molar-refractivity contribution in [2.45, 2.75) is 20.3 Å². The van der Waals surface area contributed by atoms with Crippen molar-refractivity contribution in [2.75, 3.05) is 19.5 Å². The molecule has 0 radical (unpaired) electrons. The van der Waals surface area contributed by atoms with E-state index in [2.05, 4.69) is 20.4 Å². The van der Waals surface area contributed by atoms with Crippen LogP contribution in [-0.4, -0.2) is 39.9 Å². The van der Waals surface area contributed by atoms with E-state index in [0.29, 0.717) is 46.3 Å². The lowest BCUT2D eigenvalue weighted by molar-refractivity contribution is 0.102. The second kappa shape index (κ2) is 9.29. The molecule has 0 aliphatic rings. The number of carbonyl (C=O) groups is 1. The number of H-pyrrole nitrogens is 1. The summed E-state index contributed by atoms with van der Waals surface area (Å²) in [4.78, 5) is 33.9. The fourth-order valence-electron chi connectivity index (χ4n) is 3.46. The second-order valence-corrected chi connectivity index (χ2v) is 8.08. The number of anilines is 1. The van der Waals surface area contributed by atoms with E-state index < -0.39 is 5.91 Å². The Bertz CT molecular complexity index is 1360. The van der Waals surface area contributed by atoms with Crippen molar-refractivity contribution in [3.05, 3.63) is 69.0 Å². The number of hydrogen-bond donors (Lipinski definition) is 2. The van der Waals surface area contributed by atoms with Gasteiger partial charge in [-0.1, -0.05) is 13.0 Å². The molecule has 170 valence electrons. The molecule has 0 spiro atoms. The molecule has 0 bridgehead atoms. The number of carbonyl (C=O) groups excluding carboxylic acids is 1. The molecular weight excluding hydrogens is 442 g/mol. The van der Waals surface area contributed by atoms with Crippen molar-refractivity contribution in [2.24, 2.45) is 0 Å². The number of hydrogen-bond acceptors (Lipinski definition) is 7. The fourth-order valence-corrected chi connectivity index (χ4v) is 4.14. The summed E-state index contributed by atoms with van der Waals surface area (Å²) in [6.45, 7) is 3.68. The van der Waals surface area contributed by atoms with E-state index in [0.717, 1.165) is 4.88 Å². The van der Waals surface area contributed by atoms with Crippen molar-refractivity contribution < 1.29 is 14.3 Å². The van der Waals surface area contributed by atoms with Crippen molar-refractivity contribution >= 4 is 23.1 Å². The van der Waals surface area contributed by atoms with Gasteiger partial charge in [-0.05, 0) is 36.9 Å². The van der Waals surface area contributed by atoms with Crippen molar-refractivity contribution in [1.29, 1.82) is 0 Å². The highest BCUT2D eigenvalue weighted by atomic mass is 32.1. The van der Waals surface area contributed by atoms with Gasteiger partial charge in [-0.15, -0.1) is 11.3 Å². The standard InChI is InChI=1S/C23H23N5O4S/c1-5-15-13(2)24-23(26-21(15)29)28-20(12-17(27-28)19-7-6-10-33-19)25-22(30)16-9-8-14(31-3)11-18(16)32-4/h6-12H,5H2,1-4H3,(H,25,30)(H,24,26,29). The zero-order valence-corrected chi connectivity index (χ0v) is 19.4. The van der Waals surface area contributed by atoms with Crippen LogP contribution < -0.4 is 20.3 Å². The molecule has 4 aromatic rings. The van der Waals surface area contributed by atoms with E-state index in [1.165, 1.54) is 23.1 Å². The number of rotatable bonds is 7. The van der Waals surface area contributed by atoms with Crippen molar-refractivity contribution in [3.8, 4) is 28.0 Å². The summed E-state index contributed by atoms with van der Waals surface area (Å²) in [5, 5.41) is 9.42. The van der Waals surface area contributed by atoms with Crippen LogP contribution in [0.4, 0.5) is 5.82 Å². The predicted octanol–water partition coefficient (Wildman–Crippen LogP) is 3.82. The van der Waals surface area contributed by atoms with Crippen LogP contribution in [0, 0.1) is 6.92 Å². The molecule has 9 nitrogen and oxygen atoms in total. The number of aryl methyl sites for hydroxylation is 1. The first kappa shape index (κ1) is 22.3. The first-order valence-electron chi connectivity index (χ1n) is 10.2. The van der Waals surface area contributed by atoms with E-state index in [1.54, 1.807) is 38.3 Å². The Balaban J connectivity index is 1.78. The number of amides is 1.